The van der Waals surface area contributed by atoms with Gasteiger partial charge in [-0.2, -0.15) is 0 Å². The molecular formula is C11H13N3O3. The molecule has 0 spiro atoms. The third-order valence-corrected chi connectivity index (χ3v) is 2.48. The Morgan fingerprint density at radius 3 is 2.53 bits per heavy atom. The zero-order valence-electron chi connectivity index (χ0n) is 9.42. The summed E-state index contributed by atoms with van der Waals surface area (Å²) < 4.78 is 7.92. The van der Waals surface area contributed by atoms with Gasteiger partial charge in [0, 0.05) is 19.4 Å². The second-order valence-electron chi connectivity index (χ2n) is 3.72. The molecule has 90 valence electrons. The minimum atomic E-state index is -0.569. The Kier molecular flexibility index (Phi) is 2.97. The Bertz CT molecular complexity index is 636. The highest BCUT2D eigenvalue weighted by molar-refractivity contribution is 5.07. The van der Waals surface area contributed by atoms with Crippen LogP contribution in [0.2, 0.25) is 0 Å². The molecule has 0 bridgehead atoms. The molecule has 0 fully saturated rings. The zero-order valence-corrected chi connectivity index (χ0v) is 9.42. The van der Waals surface area contributed by atoms with E-state index in [1.54, 1.807) is 18.3 Å². The van der Waals surface area contributed by atoms with Crippen LogP contribution in [0, 0.1) is 0 Å². The highest BCUT2D eigenvalue weighted by Crippen LogP contribution is 2.07. The summed E-state index contributed by atoms with van der Waals surface area (Å²) in [6.45, 7) is 0.542. The predicted octanol–water partition coefficient (Wildman–Crippen LogP) is -0.353. The van der Waals surface area contributed by atoms with Crippen molar-refractivity contribution >= 4 is 0 Å². The Morgan fingerprint density at radius 1 is 1.18 bits per heavy atom. The van der Waals surface area contributed by atoms with Crippen molar-refractivity contribution in [3.05, 3.63) is 56.8 Å². The third-order valence-electron chi connectivity index (χ3n) is 2.48. The quantitative estimate of drug-likeness (QED) is 0.737. The third kappa shape index (κ3) is 2.21. The molecule has 6 nitrogen and oxygen atoms in total. The molecule has 0 atom stereocenters. The number of nitrogens with two attached hydrogens (primary N) is 1. The summed E-state index contributed by atoms with van der Waals surface area (Å²) >= 11 is 0. The van der Waals surface area contributed by atoms with Crippen molar-refractivity contribution in [3.63, 3.8) is 0 Å². The molecule has 6 heteroatoms. The molecule has 0 aliphatic heterocycles. The normalized spacial score (nSPS) is 10.7. The van der Waals surface area contributed by atoms with Crippen LogP contribution in [0.3, 0.4) is 0 Å². The summed E-state index contributed by atoms with van der Waals surface area (Å²) in [6.07, 6.45) is 3.09. The molecular weight excluding hydrogens is 222 g/mol. The van der Waals surface area contributed by atoms with Crippen LogP contribution in [0.4, 0.5) is 0 Å². The lowest BCUT2D eigenvalue weighted by atomic mass is 10.4. The van der Waals surface area contributed by atoms with E-state index in [9.17, 15) is 9.59 Å². The first-order valence-electron chi connectivity index (χ1n) is 5.15. The number of aromatic nitrogens is 2. The van der Waals surface area contributed by atoms with Gasteiger partial charge in [0.05, 0.1) is 13.1 Å². The molecule has 0 radical (unpaired) electrons. The van der Waals surface area contributed by atoms with E-state index in [1.807, 2.05) is 0 Å². The molecule has 0 unspecified atom stereocenters. The summed E-state index contributed by atoms with van der Waals surface area (Å²) in [4.78, 5) is 23.1. The van der Waals surface area contributed by atoms with Crippen molar-refractivity contribution in [2.45, 2.75) is 13.1 Å². The first-order chi connectivity index (χ1) is 8.11. The van der Waals surface area contributed by atoms with Crippen molar-refractivity contribution in [2.75, 3.05) is 0 Å². The van der Waals surface area contributed by atoms with E-state index in [1.165, 1.54) is 22.4 Å². The Labute approximate surface area is 96.9 Å². The van der Waals surface area contributed by atoms with Crippen LogP contribution in [-0.2, 0) is 20.1 Å². The molecule has 0 amide bonds. The molecule has 0 aliphatic carbocycles. The van der Waals surface area contributed by atoms with Crippen molar-refractivity contribution in [1.29, 1.82) is 0 Å². The van der Waals surface area contributed by atoms with E-state index in [0.717, 1.165) is 0 Å². The van der Waals surface area contributed by atoms with Gasteiger partial charge in [-0.25, -0.2) is 0 Å². The van der Waals surface area contributed by atoms with Crippen LogP contribution in [0.1, 0.15) is 11.5 Å². The molecule has 2 rings (SSSR count). The molecule has 2 aromatic rings. The molecule has 0 aromatic carbocycles. The topological polar surface area (TPSA) is 83.2 Å². The maximum absolute atomic E-state index is 11.6. The number of nitrogens with zero attached hydrogens (tertiary/aromatic N) is 2. The Hall–Kier alpha value is -2.08. The SMILES string of the molecule is Cn1ccn(Cc2ccc(CN)o2)c(=O)c1=O. The second-order valence-corrected chi connectivity index (χ2v) is 3.72. The highest BCUT2D eigenvalue weighted by atomic mass is 16.3. The van der Waals surface area contributed by atoms with E-state index < -0.39 is 11.1 Å². The highest BCUT2D eigenvalue weighted by Gasteiger charge is 2.06. The summed E-state index contributed by atoms with van der Waals surface area (Å²) in [5.41, 5.74) is 4.29. The second kappa shape index (κ2) is 4.42. The van der Waals surface area contributed by atoms with Crippen LogP contribution in [0.5, 0.6) is 0 Å². The van der Waals surface area contributed by atoms with Gasteiger partial charge < -0.3 is 19.3 Å². The molecule has 0 aliphatic rings. The van der Waals surface area contributed by atoms with Gasteiger partial charge >= 0.3 is 11.1 Å². The van der Waals surface area contributed by atoms with Crippen molar-refractivity contribution in [1.82, 2.24) is 9.13 Å². The van der Waals surface area contributed by atoms with Crippen molar-refractivity contribution < 1.29 is 4.42 Å². The van der Waals surface area contributed by atoms with Gasteiger partial charge in [0.25, 0.3) is 0 Å². The van der Waals surface area contributed by atoms with E-state index in [4.69, 9.17) is 10.2 Å². The minimum Gasteiger partial charge on any atom is -0.463 e. The average Bonchev–Trinajstić information content (AvgIpc) is 2.78. The van der Waals surface area contributed by atoms with E-state index in [0.29, 0.717) is 18.1 Å². The van der Waals surface area contributed by atoms with Gasteiger partial charge in [0.1, 0.15) is 11.5 Å². The van der Waals surface area contributed by atoms with Gasteiger partial charge in [-0.3, -0.25) is 9.59 Å². The maximum Gasteiger partial charge on any atom is 0.316 e. The fourth-order valence-corrected chi connectivity index (χ4v) is 1.50. The van der Waals surface area contributed by atoms with Gasteiger partial charge in [-0.05, 0) is 12.1 Å². The lowest BCUT2D eigenvalue weighted by Gasteiger charge is -2.03. The first-order valence-corrected chi connectivity index (χ1v) is 5.15. The fraction of sp³-hybridized carbons (Fsp3) is 0.273. The molecule has 2 N–H and O–H groups in total. The van der Waals surface area contributed by atoms with E-state index in [2.05, 4.69) is 0 Å². The average molecular weight is 235 g/mol. The largest absolute Gasteiger partial charge is 0.463 e. The molecule has 0 saturated carbocycles. The van der Waals surface area contributed by atoms with Gasteiger partial charge in [0.15, 0.2) is 0 Å². The lowest BCUT2D eigenvalue weighted by molar-refractivity contribution is 0.451. The van der Waals surface area contributed by atoms with Crippen LogP contribution in [-0.4, -0.2) is 9.13 Å². The predicted molar refractivity (Wildman–Crippen MR) is 61.6 cm³/mol. The fourth-order valence-electron chi connectivity index (χ4n) is 1.50. The standard InChI is InChI=1S/C11H13N3O3/c1-13-4-5-14(11(16)10(13)15)7-9-3-2-8(6-12)17-9/h2-5H,6-7,12H2,1H3. The minimum absolute atomic E-state index is 0.231. The number of furan rings is 1. The summed E-state index contributed by atoms with van der Waals surface area (Å²) in [6, 6.07) is 3.49. The Morgan fingerprint density at radius 2 is 1.88 bits per heavy atom. The number of rotatable bonds is 3. The zero-order chi connectivity index (χ0) is 12.4. The van der Waals surface area contributed by atoms with Crippen LogP contribution < -0.4 is 16.9 Å². The maximum atomic E-state index is 11.6. The van der Waals surface area contributed by atoms with Crippen LogP contribution in [0.25, 0.3) is 0 Å². The smallest absolute Gasteiger partial charge is 0.316 e. The van der Waals surface area contributed by atoms with Crippen LogP contribution in [0.15, 0.2) is 38.5 Å². The number of hydrogen-bond acceptors (Lipinski definition) is 4. The molecule has 2 heterocycles. The van der Waals surface area contributed by atoms with Crippen molar-refractivity contribution in [3.8, 4) is 0 Å². The first kappa shape index (κ1) is 11.4. The summed E-state index contributed by atoms with van der Waals surface area (Å²) in [5, 5.41) is 0. The summed E-state index contributed by atoms with van der Waals surface area (Å²) in [7, 11) is 1.54. The molecule has 2 aromatic heterocycles. The van der Waals surface area contributed by atoms with Crippen molar-refractivity contribution in [2.24, 2.45) is 12.8 Å². The van der Waals surface area contributed by atoms with Gasteiger partial charge in [-0.1, -0.05) is 0 Å². The monoisotopic (exact) mass is 235 g/mol. The number of aryl methyl sites for hydroxylation is 1. The van der Waals surface area contributed by atoms with Crippen LogP contribution >= 0.6 is 0 Å². The van der Waals surface area contributed by atoms with E-state index in [-0.39, 0.29) is 6.54 Å². The molecule has 0 saturated heterocycles. The van der Waals surface area contributed by atoms with Gasteiger partial charge in [-0.15, -0.1) is 0 Å². The van der Waals surface area contributed by atoms with E-state index >= 15 is 0 Å². The Balaban J connectivity index is 2.34. The van der Waals surface area contributed by atoms with Gasteiger partial charge in [0.2, 0.25) is 0 Å². The number of hydrogen-bond donors (Lipinski definition) is 1. The lowest BCUT2D eigenvalue weighted by Crippen LogP contribution is -2.39. The summed E-state index contributed by atoms with van der Waals surface area (Å²) in [5.74, 6) is 1.25. The molecule has 17 heavy (non-hydrogen) atoms.